The van der Waals surface area contributed by atoms with Crippen molar-refractivity contribution in [2.75, 3.05) is 13.2 Å². The summed E-state index contributed by atoms with van der Waals surface area (Å²) < 4.78 is 0. The summed E-state index contributed by atoms with van der Waals surface area (Å²) >= 11 is 0. The van der Waals surface area contributed by atoms with E-state index in [9.17, 15) is 5.11 Å². The van der Waals surface area contributed by atoms with E-state index in [-0.39, 0.29) is 12.1 Å². The van der Waals surface area contributed by atoms with E-state index in [1.807, 2.05) is 0 Å². The fraction of sp³-hybridized carbons (Fsp3) is 0.429. The lowest BCUT2D eigenvalue weighted by Gasteiger charge is -2.42. The number of nitrogens with zero attached hydrogens (tertiary/aromatic N) is 1. The Bertz CT molecular complexity index is 583. The maximum absolute atomic E-state index is 10.3. The lowest BCUT2D eigenvalue weighted by Crippen LogP contribution is -2.52. The first-order chi connectivity index (χ1) is 11.3. The Hall–Kier alpha value is -1.64. The van der Waals surface area contributed by atoms with Gasteiger partial charge in [-0.1, -0.05) is 73.5 Å². The van der Waals surface area contributed by atoms with E-state index in [4.69, 9.17) is 0 Å². The van der Waals surface area contributed by atoms with Crippen molar-refractivity contribution in [1.29, 1.82) is 0 Å². The van der Waals surface area contributed by atoms with Gasteiger partial charge in [-0.15, -0.1) is 0 Å². The molecule has 1 unspecified atom stereocenters. The molecular weight excluding hydrogens is 282 g/mol. The van der Waals surface area contributed by atoms with Crippen LogP contribution in [0.1, 0.15) is 36.8 Å². The van der Waals surface area contributed by atoms with E-state index in [1.54, 1.807) is 0 Å². The molecule has 1 fully saturated rings. The number of aliphatic hydroxyl groups is 1. The largest absolute Gasteiger partial charge is 0.394 e. The molecule has 0 spiro atoms. The second kappa shape index (κ2) is 7.76. The third-order valence-electron chi connectivity index (χ3n) is 5.13. The van der Waals surface area contributed by atoms with Gasteiger partial charge in [0, 0.05) is 12.1 Å². The van der Waals surface area contributed by atoms with Crippen molar-refractivity contribution < 1.29 is 5.11 Å². The Morgan fingerprint density at radius 1 is 0.826 bits per heavy atom. The molecule has 0 aromatic heterocycles. The lowest BCUT2D eigenvalue weighted by atomic mass is 9.85. The third-order valence-corrected chi connectivity index (χ3v) is 5.13. The van der Waals surface area contributed by atoms with Crippen LogP contribution in [0.4, 0.5) is 0 Å². The molecule has 0 radical (unpaired) electrons. The Balaban J connectivity index is 1.85. The zero-order valence-corrected chi connectivity index (χ0v) is 13.8. The minimum absolute atomic E-state index is 0.131. The molecule has 2 aromatic rings. The second-order valence-corrected chi connectivity index (χ2v) is 6.76. The topological polar surface area (TPSA) is 23.5 Å². The minimum atomic E-state index is -0.131. The van der Waals surface area contributed by atoms with Gasteiger partial charge >= 0.3 is 0 Å². The van der Waals surface area contributed by atoms with Crippen LogP contribution in [0.3, 0.4) is 0 Å². The van der Waals surface area contributed by atoms with Crippen LogP contribution in [0.25, 0.3) is 0 Å². The fourth-order valence-corrected chi connectivity index (χ4v) is 3.79. The summed E-state index contributed by atoms with van der Waals surface area (Å²) in [5.74, 6) is 0. The van der Waals surface area contributed by atoms with Gasteiger partial charge in [0.2, 0.25) is 0 Å². The normalized spacial score (nSPS) is 22.7. The SMILES string of the molecule is OCC1(Cc2ccccc2)CCCCCN1Cc1ccccc1. The smallest absolute Gasteiger partial charge is 0.0618 e. The zero-order chi connectivity index (χ0) is 16.0. The van der Waals surface area contributed by atoms with Gasteiger partial charge in [-0.3, -0.25) is 4.90 Å². The third kappa shape index (κ3) is 4.01. The molecule has 0 aliphatic carbocycles. The summed E-state index contributed by atoms with van der Waals surface area (Å²) in [7, 11) is 0. The molecule has 0 bridgehead atoms. The van der Waals surface area contributed by atoms with Crippen molar-refractivity contribution in [3.63, 3.8) is 0 Å². The number of aliphatic hydroxyl groups excluding tert-OH is 1. The van der Waals surface area contributed by atoms with Crippen molar-refractivity contribution in [3.05, 3.63) is 71.8 Å². The van der Waals surface area contributed by atoms with Gasteiger partial charge in [-0.05, 0) is 36.9 Å². The number of benzene rings is 2. The molecule has 122 valence electrons. The maximum atomic E-state index is 10.3. The van der Waals surface area contributed by atoms with Crippen molar-refractivity contribution in [2.24, 2.45) is 0 Å². The van der Waals surface area contributed by atoms with E-state index in [2.05, 4.69) is 65.6 Å². The Morgan fingerprint density at radius 2 is 1.48 bits per heavy atom. The highest BCUT2D eigenvalue weighted by Crippen LogP contribution is 2.32. The van der Waals surface area contributed by atoms with Crippen molar-refractivity contribution in [3.8, 4) is 0 Å². The first-order valence-corrected chi connectivity index (χ1v) is 8.76. The molecule has 3 rings (SSSR count). The van der Waals surface area contributed by atoms with Crippen LogP contribution in [-0.4, -0.2) is 28.7 Å². The summed E-state index contributed by atoms with van der Waals surface area (Å²) in [4.78, 5) is 2.53. The molecule has 0 amide bonds. The number of hydrogen-bond donors (Lipinski definition) is 1. The molecule has 0 saturated carbocycles. The van der Waals surface area contributed by atoms with Gasteiger partial charge < -0.3 is 5.11 Å². The molecule has 1 saturated heterocycles. The van der Waals surface area contributed by atoms with E-state index >= 15 is 0 Å². The first-order valence-electron chi connectivity index (χ1n) is 8.76. The molecule has 1 aliphatic heterocycles. The van der Waals surface area contributed by atoms with Gasteiger partial charge in [-0.2, -0.15) is 0 Å². The highest BCUT2D eigenvalue weighted by Gasteiger charge is 2.37. The van der Waals surface area contributed by atoms with E-state index in [0.29, 0.717) is 0 Å². The van der Waals surface area contributed by atoms with Gasteiger partial charge in [-0.25, -0.2) is 0 Å². The second-order valence-electron chi connectivity index (χ2n) is 6.76. The predicted molar refractivity (Wildman–Crippen MR) is 95.3 cm³/mol. The molecule has 23 heavy (non-hydrogen) atoms. The van der Waals surface area contributed by atoms with Crippen LogP contribution in [0.2, 0.25) is 0 Å². The zero-order valence-electron chi connectivity index (χ0n) is 13.8. The highest BCUT2D eigenvalue weighted by atomic mass is 16.3. The van der Waals surface area contributed by atoms with Gasteiger partial charge in [0.05, 0.1) is 6.61 Å². The number of likely N-dealkylation sites (tertiary alicyclic amines) is 1. The van der Waals surface area contributed by atoms with Crippen LogP contribution in [0.5, 0.6) is 0 Å². The van der Waals surface area contributed by atoms with Crippen LogP contribution < -0.4 is 0 Å². The molecule has 2 heteroatoms. The Labute approximate surface area is 139 Å². The van der Waals surface area contributed by atoms with Crippen molar-refractivity contribution in [1.82, 2.24) is 4.90 Å². The number of rotatable bonds is 5. The van der Waals surface area contributed by atoms with E-state index in [0.717, 1.165) is 25.9 Å². The van der Waals surface area contributed by atoms with Gasteiger partial charge in [0.1, 0.15) is 0 Å². The summed E-state index contributed by atoms with van der Waals surface area (Å²) in [5.41, 5.74) is 2.52. The monoisotopic (exact) mass is 309 g/mol. The summed E-state index contributed by atoms with van der Waals surface area (Å²) in [6.07, 6.45) is 5.70. The summed E-state index contributed by atoms with van der Waals surface area (Å²) in [6.45, 7) is 2.23. The first kappa shape index (κ1) is 16.2. The molecule has 1 N–H and O–H groups in total. The van der Waals surface area contributed by atoms with Crippen LogP contribution in [0, 0.1) is 0 Å². The predicted octanol–water partition coefficient (Wildman–Crippen LogP) is 4.04. The Kier molecular flexibility index (Phi) is 5.47. The molecule has 2 nitrogen and oxygen atoms in total. The van der Waals surface area contributed by atoms with E-state index in [1.165, 1.54) is 30.4 Å². The molecule has 2 aromatic carbocycles. The van der Waals surface area contributed by atoms with Crippen LogP contribution in [-0.2, 0) is 13.0 Å². The maximum Gasteiger partial charge on any atom is 0.0618 e. The highest BCUT2D eigenvalue weighted by molar-refractivity contribution is 5.20. The molecule has 1 atom stereocenters. The van der Waals surface area contributed by atoms with Gasteiger partial charge in [0.25, 0.3) is 0 Å². The van der Waals surface area contributed by atoms with Crippen molar-refractivity contribution >= 4 is 0 Å². The molecular formula is C21H27NO. The number of hydrogen-bond acceptors (Lipinski definition) is 2. The van der Waals surface area contributed by atoms with Crippen LogP contribution in [0.15, 0.2) is 60.7 Å². The summed E-state index contributed by atoms with van der Waals surface area (Å²) in [5, 5.41) is 10.3. The van der Waals surface area contributed by atoms with Crippen molar-refractivity contribution in [2.45, 2.75) is 44.2 Å². The van der Waals surface area contributed by atoms with Gasteiger partial charge in [0.15, 0.2) is 0 Å². The average Bonchev–Trinajstić information content (AvgIpc) is 2.80. The fourth-order valence-electron chi connectivity index (χ4n) is 3.79. The lowest BCUT2D eigenvalue weighted by molar-refractivity contribution is 0.0230. The van der Waals surface area contributed by atoms with E-state index < -0.39 is 0 Å². The van der Waals surface area contributed by atoms with Crippen LogP contribution >= 0.6 is 0 Å². The Morgan fingerprint density at radius 3 is 2.13 bits per heavy atom. The summed E-state index contributed by atoms with van der Waals surface area (Å²) in [6, 6.07) is 21.3. The quantitative estimate of drug-likeness (QED) is 0.901. The molecule has 1 heterocycles. The molecule has 1 aliphatic rings. The standard InChI is InChI=1S/C21H27NO/c23-18-21(16-19-10-4-1-5-11-19)14-8-3-9-15-22(21)17-20-12-6-2-7-13-20/h1-2,4-7,10-13,23H,3,8-9,14-18H2. The average molecular weight is 309 g/mol. The minimum Gasteiger partial charge on any atom is -0.394 e.